The summed E-state index contributed by atoms with van der Waals surface area (Å²) in [5.74, 6) is -1.65. The molecule has 2 N–H and O–H groups in total. The summed E-state index contributed by atoms with van der Waals surface area (Å²) >= 11 is 0. The van der Waals surface area contributed by atoms with E-state index in [0.29, 0.717) is 24.8 Å². The largest absolute Gasteiger partial charge is 0.327 e. The van der Waals surface area contributed by atoms with Gasteiger partial charge < -0.3 is 5.73 Å². The van der Waals surface area contributed by atoms with Crippen LogP contribution in [-0.4, -0.2) is 26.0 Å². The molecule has 3 nitrogen and oxygen atoms in total. The van der Waals surface area contributed by atoms with Crippen LogP contribution in [0.1, 0.15) is 31.2 Å². The summed E-state index contributed by atoms with van der Waals surface area (Å²) < 4.78 is 49.4. The van der Waals surface area contributed by atoms with Gasteiger partial charge in [-0.05, 0) is 49.3 Å². The molecule has 0 spiro atoms. The second-order valence-corrected chi connectivity index (χ2v) is 8.32. The van der Waals surface area contributed by atoms with Crippen molar-refractivity contribution in [3.63, 3.8) is 0 Å². The summed E-state index contributed by atoms with van der Waals surface area (Å²) in [4.78, 5) is 0. The molecule has 0 bridgehead atoms. The molecule has 3 atom stereocenters. The Morgan fingerprint density at radius 1 is 1.29 bits per heavy atom. The molecule has 2 rings (SSSR count). The number of hydrogen-bond donors (Lipinski definition) is 1. The van der Waals surface area contributed by atoms with E-state index < -0.39 is 21.5 Å². The summed E-state index contributed by atoms with van der Waals surface area (Å²) in [6.07, 6.45) is 4.67. The smallest absolute Gasteiger partial charge is 0.159 e. The van der Waals surface area contributed by atoms with E-state index in [1.807, 2.05) is 0 Å². The second kappa shape index (κ2) is 6.40. The van der Waals surface area contributed by atoms with Gasteiger partial charge in [0.1, 0.15) is 9.84 Å². The van der Waals surface area contributed by atoms with Crippen molar-refractivity contribution in [1.82, 2.24) is 0 Å². The molecule has 0 saturated heterocycles. The number of nitrogens with two attached hydrogens (primary N) is 1. The Labute approximate surface area is 124 Å². The molecule has 1 fully saturated rings. The predicted molar refractivity (Wildman–Crippen MR) is 78.6 cm³/mol. The van der Waals surface area contributed by atoms with Crippen molar-refractivity contribution < 1.29 is 17.2 Å². The Morgan fingerprint density at radius 2 is 2.00 bits per heavy atom. The van der Waals surface area contributed by atoms with Crippen LogP contribution >= 0.6 is 0 Å². The molecule has 1 saturated carbocycles. The molecule has 0 radical (unpaired) electrons. The topological polar surface area (TPSA) is 60.2 Å². The Bertz CT molecular complexity index is 604. The molecule has 3 unspecified atom stereocenters. The number of sulfone groups is 1. The molecular formula is C15H21F2NO2S. The molecule has 0 amide bonds. The first kappa shape index (κ1) is 16.4. The zero-order valence-corrected chi connectivity index (χ0v) is 12.9. The van der Waals surface area contributed by atoms with Gasteiger partial charge in [-0.15, -0.1) is 0 Å². The molecule has 21 heavy (non-hydrogen) atoms. The van der Waals surface area contributed by atoms with Crippen LogP contribution in [0.5, 0.6) is 0 Å². The third-order valence-corrected chi connectivity index (χ3v) is 5.97. The minimum Gasteiger partial charge on any atom is -0.327 e. The fraction of sp³-hybridized carbons (Fsp3) is 0.600. The van der Waals surface area contributed by atoms with Gasteiger partial charge in [0.05, 0.1) is 5.25 Å². The van der Waals surface area contributed by atoms with Crippen molar-refractivity contribution >= 4 is 9.84 Å². The van der Waals surface area contributed by atoms with Gasteiger partial charge in [0.2, 0.25) is 0 Å². The number of rotatable bonds is 4. The molecule has 0 heterocycles. The fourth-order valence-electron chi connectivity index (χ4n) is 3.06. The Balaban J connectivity index is 2.02. The van der Waals surface area contributed by atoms with Gasteiger partial charge in [0.25, 0.3) is 0 Å². The summed E-state index contributed by atoms with van der Waals surface area (Å²) in [5.41, 5.74) is 6.80. The van der Waals surface area contributed by atoms with Crippen molar-refractivity contribution in [2.75, 3.05) is 6.26 Å². The second-order valence-electron chi connectivity index (χ2n) is 5.99. The van der Waals surface area contributed by atoms with Crippen LogP contribution in [0.3, 0.4) is 0 Å². The first-order valence-corrected chi connectivity index (χ1v) is 9.11. The number of benzene rings is 1. The van der Waals surface area contributed by atoms with Crippen molar-refractivity contribution in [3.05, 3.63) is 35.4 Å². The highest BCUT2D eigenvalue weighted by Crippen LogP contribution is 2.31. The Kier molecular flexibility index (Phi) is 4.99. The van der Waals surface area contributed by atoms with E-state index in [4.69, 9.17) is 5.73 Å². The molecule has 1 aliphatic carbocycles. The summed E-state index contributed by atoms with van der Waals surface area (Å²) in [6, 6.07) is 3.54. The maximum atomic E-state index is 13.2. The van der Waals surface area contributed by atoms with Gasteiger partial charge in [-0.1, -0.05) is 12.5 Å². The van der Waals surface area contributed by atoms with Crippen LogP contribution in [0.25, 0.3) is 0 Å². The van der Waals surface area contributed by atoms with Crippen molar-refractivity contribution in [2.45, 2.75) is 43.4 Å². The van der Waals surface area contributed by atoms with Crippen molar-refractivity contribution in [2.24, 2.45) is 11.7 Å². The van der Waals surface area contributed by atoms with E-state index in [1.54, 1.807) is 0 Å². The summed E-state index contributed by atoms with van der Waals surface area (Å²) in [6.45, 7) is 0. The highest BCUT2D eigenvalue weighted by atomic mass is 32.2. The summed E-state index contributed by atoms with van der Waals surface area (Å²) in [7, 11) is -3.04. The third kappa shape index (κ3) is 4.23. The first-order chi connectivity index (χ1) is 9.77. The van der Waals surface area contributed by atoms with E-state index >= 15 is 0 Å². The highest BCUT2D eigenvalue weighted by molar-refractivity contribution is 7.91. The predicted octanol–water partition coefficient (Wildman–Crippen LogP) is 2.44. The minimum atomic E-state index is -3.04. The van der Waals surface area contributed by atoms with Crippen LogP contribution in [0, 0.1) is 17.6 Å². The molecule has 1 aliphatic rings. The number of hydrogen-bond acceptors (Lipinski definition) is 3. The third-order valence-electron chi connectivity index (χ3n) is 4.33. The lowest BCUT2D eigenvalue weighted by atomic mass is 9.82. The van der Waals surface area contributed by atoms with Gasteiger partial charge in [0.15, 0.2) is 11.6 Å². The zero-order valence-electron chi connectivity index (χ0n) is 12.1. The molecule has 1 aromatic rings. The molecular weight excluding hydrogens is 296 g/mol. The van der Waals surface area contributed by atoms with Crippen LogP contribution in [0.15, 0.2) is 18.2 Å². The zero-order chi connectivity index (χ0) is 15.6. The normalized spacial score (nSPS) is 24.8. The van der Waals surface area contributed by atoms with E-state index in [9.17, 15) is 17.2 Å². The van der Waals surface area contributed by atoms with Crippen LogP contribution in [0.4, 0.5) is 8.78 Å². The SMILES string of the molecule is CS(=O)(=O)C1CCCC(C(N)Cc2ccc(F)c(F)c2)C1. The van der Waals surface area contributed by atoms with Gasteiger partial charge in [-0.25, -0.2) is 17.2 Å². The monoisotopic (exact) mass is 317 g/mol. The van der Waals surface area contributed by atoms with Gasteiger partial charge in [0, 0.05) is 12.3 Å². The minimum absolute atomic E-state index is 0.103. The fourth-order valence-corrected chi connectivity index (χ4v) is 4.26. The molecule has 1 aromatic carbocycles. The lowest BCUT2D eigenvalue weighted by molar-refractivity contribution is 0.304. The first-order valence-electron chi connectivity index (χ1n) is 7.15. The average Bonchev–Trinajstić information content (AvgIpc) is 2.42. The van der Waals surface area contributed by atoms with Gasteiger partial charge in [-0.2, -0.15) is 0 Å². The molecule has 0 aromatic heterocycles. The van der Waals surface area contributed by atoms with Crippen molar-refractivity contribution in [3.8, 4) is 0 Å². The van der Waals surface area contributed by atoms with Crippen molar-refractivity contribution in [1.29, 1.82) is 0 Å². The maximum absolute atomic E-state index is 13.2. The Hall–Kier alpha value is -1.01. The lowest BCUT2D eigenvalue weighted by Crippen LogP contribution is -2.38. The van der Waals surface area contributed by atoms with Gasteiger partial charge >= 0.3 is 0 Å². The highest BCUT2D eigenvalue weighted by Gasteiger charge is 2.31. The van der Waals surface area contributed by atoms with E-state index in [2.05, 4.69) is 0 Å². The van der Waals surface area contributed by atoms with Crippen LogP contribution < -0.4 is 5.73 Å². The van der Waals surface area contributed by atoms with Crippen LogP contribution in [0.2, 0.25) is 0 Å². The van der Waals surface area contributed by atoms with Crippen LogP contribution in [-0.2, 0) is 16.3 Å². The van der Waals surface area contributed by atoms with E-state index in [-0.39, 0.29) is 17.2 Å². The quantitative estimate of drug-likeness (QED) is 0.928. The lowest BCUT2D eigenvalue weighted by Gasteiger charge is -2.32. The summed E-state index contributed by atoms with van der Waals surface area (Å²) in [5, 5.41) is -0.327. The molecule has 118 valence electrons. The Morgan fingerprint density at radius 3 is 2.62 bits per heavy atom. The molecule has 0 aliphatic heterocycles. The molecule has 6 heteroatoms. The standard InChI is InChI=1S/C15H21F2NO2S/c1-21(19,20)12-4-2-3-11(9-12)15(18)8-10-5-6-13(16)14(17)7-10/h5-7,11-12,15H,2-4,8-9,18H2,1H3. The number of halogens is 2. The van der Waals surface area contributed by atoms with E-state index in [1.165, 1.54) is 12.3 Å². The maximum Gasteiger partial charge on any atom is 0.159 e. The van der Waals surface area contributed by atoms with Gasteiger partial charge in [-0.3, -0.25) is 0 Å². The average molecular weight is 317 g/mol. The van der Waals surface area contributed by atoms with E-state index in [0.717, 1.165) is 25.0 Å².